The van der Waals surface area contributed by atoms with Gasteiger partial charge in [0.1, 0.15) is 0 Å². The molecule has 1 amide bonds. The van der Waals surface area contributed by atoms with Crippen LogP contribution >= 0.6 is 0 Å². The highest BCUT2D eigenvalue weighted by Crippen LogP contribution is 2.32. The fourth-order valence-corrected chi connectivity index (χ4v) is 1.86. The van der Waals surface area contributed by atoms with Gasteiger partial charge in [-0.3, -0.25) is 4.79 Å². The molecule has 0 fully saturated rings. The van der Waals surface area contributed by atoms with E-state index in [0.717, 1.165) is 12.0 Å². The third-order valence-corrected chi connectivity index (χ3v) is 3.06. The van der Waals surface area contributed by atoms with E-state index in [9.17, 15) is 9.59 Å². The Bertz CT molecular complexity index is 582. The molecule has 6 heteroatoms. The van der Waals surface area contributed by atoms with Crippen molar-refractivity contribution in [1.29, 1.82) is 0 Å². The van der Waals surface area contributed by atoms with Gasteiger partial charge in [0.2, 0.25) is 6.79 Å². The molecule has 0 unspecified atom stereocenters. The number of esters is 1. The lowest BCUT2D eigenvalue weighted by Gasteiger charge is -2.12. The van der Waals surface area contributed by atoms with Crippen LogP contribution in [0.2, 0.25) is 0 Å². The molecular formula is C16H19NO5. The number of hydrogen-bond donors (Lipinski definition) is 1. The van der Waals surface area contributed by atoms with E-state index in [4.69, 9.17) is 14.2 Å². The van der Waals surface area contributed by atoms with E-state index < -0.39 is 12.1 Å². The van der Waals surface area contributed by atoms with E-state index in [-0.39, 0.29) is 12.7 Å². The number of allylic oxidation sites excluding steroid dienone is 1. The third kappa shape index (κ3) is 4.25. The van der Waals surface area contributed by atoms with E-state index in [1.165, 1.54) is 13.0 Å². The van der Waals surface area contributed by atoms with E-state index >= 15 is 0 Å². The lowest BCUT2D eigenvalue weighted by Crippen LogP contribution is -2.35. The van der Waals surface area contributed by atoms with Gasteiger partial charge in [0.25, 0.3) is 5.91 Å². The van der Waals surface area contributed by atoms with Gasteiger partial charge < -0.3 is 19.5 Å². The maximum Gasteiger partial charge on any atom is 0.331 e. The SMILES string of the molecule is CC/C=C/C(=O)O[C@H](C)C(=O)NCc1ccc2c(c1)OCO2. The first-order chi connectivity index (χ1) is 10.6. The number of benzene rings is 1. The highest BCUT2D eigenvalue weighted by atomic mass is 16.7. The van der Waals surface area contributed by atoms with Gasteiger partial charge in [-0.1, -0.05) is 19.1 Å². The Hall–Kier alpha value is -2.50. The molecule has 118 valence electrons. The summed E-state index contributed by atoms with van der Waals surface area (Å²) in [6.45, 7) is 3.98. The summed E-state index contributed by atoms with van der Waals surface area (Å²) in [5.41, 5.74) is 0.877. The highest BCUT2D eigenvalue weighted by molar-refractivity contribution is 5.87. The van der Waals surface area contributed by atoms with Crippen molar-refractivity contribution in [2.45, 2.75) is 32.9 Å². The first kappa shape index (κ1) is 15.9. The van der Waals surface area contributed by atoms with Crippen LogP contribution in [-0.4, -0.2) is 24.8 Å². The number of carbonyl (C=O) groups is 2. The molecule has 0 aromatic heterocycles. The predicted molar refractivity (Wildman–Crippen MR) is 79.4 cm³/mol. The van der Waals surface area contributed by atoms with Gasteiger partial charge in [-0.05, 0) is 31.0 Å². The van der Waals surface area contributed by atoms with Gasteiger partial charge >= 0.3 is 5.97 Å². The second kappa shape index (κ2) is 7.49. The Labute approximate surface area is 129 Å². The lowest BCUT2D eigenvalue weighted by atomic mass is 10.2. The number of carbonyl (C=O) groups excluding carboxylic acids is 2. The van der Waals surface area contributed by atoms with Crippen molar-refractivity contribution in [3.05, 3.63) is 35.9 Å². The molecule has 0 saturated heterocycles. The van der Waals surface area contributed by atoms with Crippen LogP contribution in [0.25, 0.3) is 0 Å². The first-order valence-corrected chi connectivity index (χ1v) is 7.13. The van der Waals surface area contributed by atoms with Crippen molar-refractivity contribution in [1.82, 2.24) is 5.32 Å². The standard InChI is InChI=1S/C16H19NO5/c1-3-4-5-15(18)22-11(2)16(19)17-9-12-6-7-13-14(8-12)21-10-20-13/h4-8,11H,3,9-10H2,1-2H3,(H,17,19)/b5-4+/t11-/m1/s1. The number of fused-ring (bicyclic) bond motifs is 1. The van der Waals surface area contributed by atoms with Gasteiger partial charge in [0.15, 0.2) is 17.6 Å². The molecule has 1 aromatic rings. The average Bonchev–Trinajstić information content (AvgIpc) is 2.98. The molecule has 0 saturated carbocycles. The van der Waals surface area contributed by atoms with E-state index in [2.05, 4.69) is 5.32 Å². The van der Waals surface area contributed by atoms with Crippen LogP contribution in [0.15, 0.2) is 30.4 Å². The van der Waals surface area contributed by atoms with Gasteiger partial charge in [0, 0.05) is 12.6 Å². The minimum absolute atomic E-state index is 0.212. The van der Waals surface area contributed by atoms with Crippen LogP contribution in [0.3, 0.4) is 0 Å². The van der Waals surface area contributed by atoms with Crippen molar-refractivity contribution >= 4 is 11.9 Å². The Morgan fingerprint density at radius 3 is 2.91 bits per heavy atom. The molecule has 22 heavy (non-hydrogen) atoms. The summed E-state index contributed by atoms with van der Waals surface area (Å²) in [5, 5.41) is 2.71. The molecule has 0 radical (unpaired) electrons. The summed E-state index contributed by atoms with van der Waals surface area (Å²) < 4.78 is 15.5. The Morgan fingerprint density at radius 2 is 2.14 bits per heavy atom. The topological polar surface area (TPSA) is 73.9 Å². The second-order valence-electron chi connectivity index (χ2n) is 4.80. The minimum Gasteiger partial charge on any atom is -0.454 e. The van der Waals surface area contributed by atoms with Crippen molar-refractivity contribution in [3.8, 4) is 11.5 Å². The molecular weight excluding hydrogens is 286 g/mol. The molecule has 1 N–H and O–H groups in total. The average molecular weight is 305 g/mol. The van der Waals surface area contributed by atoms with Gasteiger partial charge in [-0.15, -0.1) is 0 Å². The van der Waals surface area contributed by atoms with E-state index in [0.29, 0.717) is 18.0 Å². The quantitative estimate of drug-likeness (QED) is 0.642. The van der Waals surface area contributed by atoms with E-state index in [1.54, 1.807) is 12.1 Å². The second-order valence-corrected chi connectivity index (χ2v) is 4.80. The first-order valence-electron chi connectivity index (χ1n) is 7.13. The summed E-state index contributed by atoms with van der Waals surface area (Å²) in [7, 11) is 0. The van der Waals surface area contributed by atoms with Crippen molar-refractivity contribution in [2.24, 2.45) is 0 Å². The maximum absolute atomic E-state index is 11.9. The summed E-state index contributed by atoms with van der Waals surface area (Å²) in [5.74, 6) is 0.486. The van der Waals surface area contributed by atoms with Crippen LogP contribution < -0.4 is 14.8 Å². The zero-order chi connectivity index (χ0) is 15.9. The lowest BCUT2D eigenvalue weighted by molar-refractivity contribution is -0.150. The zero-order valence-electron chi connectivity index (χ0n) is 12.6. The molecule has 1 heterocycles. The van der Waals surface area contributed by atoms with Crippen molar-refractivity contribution in [2.75, 3.05) is 6.79 Å². The fraction of sp³-hybridized carbons (Fsp3) is 0.375. The van der Waals surface area contributed by atoms with Crippen LogP contribution in [-0.2, 0) is 20.9 Å². The van der Waals surface area contributed by atoms with Gasteiger partial charge in [0.05, 0.1) is 0 Å². The monoisotopic (exact) mass is 305 g/mol. The predicted octanol–water partition coefficient (Wildman–Crippen LogP) is 1.93. The van der Waals surface area contributed by atoms with Gasteiger partial charge in [-0.25, -0.2) is 4.79 Å². The number of hydrogen-bond acceptors (Lipinski definition) is 5. The molecule has 1 aliphatic rings. The number of rotatable bonds is 6. The Morgan fingerprint density at radius 1 is 1.36 bits per heavy atom. The summed E-state index contributed by atoms with van der Waals surface area (Å²) in [6.07, 6.45) is 2.89. The van der Waals surface area contributed by atoms with Crippen LogP contribution in [0.1, 0.15) is 25.8 Å². The molecule has 1 aromatic carbocycles. The largest absolute Gasteiger partial charge is 0.454 e. The zero-order valence-corrected chi connectivity index (χ0v) is 12.6. The number of amides is 1. The summed E-state index contributed by atoms with van der Waals surface area (Å²) in [6, 6.07) is 5.44. The van der Waals surface area contributed by atoms with Crippen LogP contribution in [0.4, 0.5) is 0 Å². The molecule has 2 rings (SSSR count). The van der Waals surface area contributed by atoms with Crippen molar-refractivity contribution < 1.29 is 23.8 Å². The number of ether oxygens (including phenoxy) is 3. The smallest absolute Gasteiger partial charge is 0.331 e. The van der Waals surface area contributed by atoms with Crippen LogP contribution in [0, 0.1) is 0 Å². The highest BCUT2D eigenvalue weighted by Gasteiger charge is 2.17. The molecule has 1 atom stereocenters. The molecule has 0 spiro atoms. The fourth-order valence-electron chi connectivity index (χ4n) is 1.86. The van der Waals surface area contributed by atoms with E-state index in [1.807, 2.05) is 19.1 Å². The van der Waals surface area contributed by atoms with Crippen molar-refractivity contribution in [3.63, 3.8) is 0 Å². The molecule has 0 aliphatic carbocycles. The Kier molecular flexibility index (Phi) is 5.41. The van der Waals surface area contributed by atoms with Crippen LogP contribution in [0.5, 0.6) is 11.5 Å². The molecule has 1 aliphatic heterocycles. The van der Waals surface area contributed by atoms with Gasteiger partial charge in [-0.2, -0.15) is 0 Å². The Balaban J connectivity index is 1.82. The maximum atomic E-state index is 11.9. The molecule has 0 bridgehead atoms. The minimum atomic E-state index is -0.844. The normalized spacial score (nSPS) is 13.9. The number of nitrogens with one attached hydrogen (secondary N) is 1. The summed E-state index contributed by atoms with van der Waals surface area (Å²) >= 11 is 0. The summed E-state index contributed by atoms with van der Waals surface area (Å²) in [4.78, 5) is 23.3. The molecule has 6 nitrogen and oxygen atoms in total. The third-order valence-electron chi connectivity index (χ3n) is 3.06.